The molecule has 0 aromatic heterocycles. The van der Waals surface area contributed by atoms with Gasteiger partial charge in [0.15, 0.2) is 6.29 Å². The van der Waals surface area contributed by atoms with Crippen LogP contribution in [0.25, 0.3) is 0 Å². The van der Waals surface area contributed by atoms with E-state index in [0.717, 1.165) is 10.0 Å². The molecule has 0 unspecified atom stereocenters. The number of carbonyl (C=O) groups is 1. The molecule has 0 aliphatic carbocycles. The Morgan fingerprint density at radius 2 is 2.14 bits per heavy atom. The molecule has 14 heavy (non-hydrogen) atoms. The van der Waals surface area contributed by atoms with Crippen LogP contribution in [-0.2, 0) is 11.2 Å². The number of hydrogen-bond acceptors (Lipinski definition) is 1. The van der Waals surface area contributed by atoms with Crippen molar-refractivity contribution in [2.75, 3.05) is 0 Å². The van der Waals surface area contributed by atoms with Crippen molar-refractivity contribution in [1.29, 1.82) is 0 Å². The number of halogens is 3. The maximum absolute atomic E-state index is 12.8. The first-order valence-electron chi connectivity index (χ1n) is 4.04. The number of rotatable bonds is 3. The summed E-state index contributed by atoms with van der Waals surface area (Å²) < 4.78 is 26.3. The van der Waals surface area contributed by atoms with Gasteiger partial charge in [-0.05, 0) is 30.2 Å². The third-order valence-corrected chi connectivity index (χ3v) is 2.40. The van der Waals surface area contributed by atoms with Gasteiger partial charge in [-0.15, -0.1) is 0 Å². The number of benzene rings is 1. The van der Waals surface area contributed by atoms with Gasteiger partial charge >= 0.3 is 5.92 Å². The van der Waals surface area contributed by atoms with Crippen molar-refractivity contribution < 1.29 is 13.6 Å². The molecule has 4 heteroatoms. The lowest BCUT2D eigenvalue weighted by Gasteiger charge is -2.11. The van der Waals surface area contributed by atoms with E-state index in [-0.39, 0.29) is 6.29 Å². The highest BCUT2D eigenvalue weighted by Gasteiger charge is 2.28. The summed E-state index contributed by atoms with van der Waals surface area (Å²) in [5, 5.41) is 0. The van der Waals surface area contributed by atoms with Gasteiger partial charge in [-0.25, -0.2) is 0 Å². The maximum Gasteiger partial charge on any atom is 0.306 e. The molecule has 0 N–H and O–H groups in total. The zero-order chi connectivity index (χ0) is 10.8. The van der Waals surface area contributed by atoms with Crippen LogP contribution in [-0.4, -0.2) is 12.2 Å². The molecule has 0 radical (unpaired) electrons. The largest absolute Gasteiger partial charge is 0.306 e. The predicted molar refractivity (Wildman–Crippen MR) is 53.6 cm³/mol. The molecule has 0 heterocycles. The summed E-state index contributed by atoms with van der Waals surface area (Å²) in [5.41, 5.74) is 1.24. The van der Waals surface area contributed by atoms with Crippen LogP contribution in [0.2, 0.25) is 0 Å². The Balaban J connectivity index is 2.96. The molecule has 0 spiro atoms. The molecule has 0 bridgehead atoms. The molecule has 0 amide bonds. The molecule has 0 atom stereocenters. The van der Waals surface area contributed by atoms with E-state index in [2.05, 4.69) is 15.9 Å². The first kappa shape index (κ1) is 11.3. The van der Waals surface area contributed by atoms with Crippen LogP contribution < -0.4 is 0 Å². The van der Waals surface area contributed by atoms with Crippen molar-refractivity contribution >= 4 is 22.2 Å². The third kappa shape index (κ3) is 2.87. The van der Waals surface area contributed by atoms with Gasteiger partial charge < -0.3 is 0 Å². The van der Waals surface area contributed by atoms with Crippen LogP contribution in [0.1, 0.15) is 11.1 Å². The summed E-state index contributed by atoms with van der Waals surface area (Å²) >= 11 is 3.19. The summed E-state index contributed by atoms with van der Waals surface area (Å²) in [6, 6.07) is 5.12. The molecule has 1 aromatic carbocycles. The number of aldehydes is 1. The lowest BCUT2D eigenvalue weighted by atomic mass is 10.0. The number of carbonyl (C=O) groups excluding carboxylic acids is 1. The Morgan fingerprint density at radius 3 is 2.71 bits per heavy atom. The third-order valence-electron chi connectivity index (χ3n) is 1.91. The minimum Gasteiger partial charge on any atom is -0.297 e. The lowest BCUT2D eigenvalue weighted by molar-refractivity contribution is -0.128. The fourth-order valence-corrected chi connectivity index (χ4v) is 1.53. The van der Waals surface area contributed by atoms with Crippen LogP contribution >= 0.6 is 15.9 Å². The fourth-order valence-electron chi connectivity index (χ4n) is 1.13. The lowest BCUT2D eigenvalue weighted by Crippen LogP contribution is -2.21. The van der Waals surface area contributed by atoms with E-state index < -0.39 is 12.3 Å². The van der Waals surface area contributed by atoms with Crippen molar-refractivity contribution in [3.05, 3.63) is 33.8 Å². The molecule has 76 valence electrons. The molecule has 1 nitrogen and oxygen atoms in total. The van der Waals surface area contributed by atoms with Crippen LogP contribution in [0.3, 0.4) is 0 Å². The Morgan fingerprint density at radius 1 is 1.50 bits per heavy atom. The van der Waals surface area contributed by atoms with Crippen molar-refractivity contribution in [2.45, 2.75) is 19.3 Å². The second-order valence-corrected chi connectivity index (χ2v) is 4.04. The SMILES string of the molecule is Cc1ccc(Br)cc1CC(F)(F)C=O. The first-order chi connectivity index (χ1) is 6.44. The maximum atomic E-state index is 12.8. The van der Waals surface area contributed by atoms with E-state index in [1.165, 1.54) is 0 Å². The Bertz CT molecular complexity index is 350. The second-order valence-electron chi connectivity index (χ2n) is 3.13. The van der Waals surface area contributed by atoms with Gasteiger partial charge in [0.05, 0.1) is 0 Å². The van der Waals surface area contributed by atoms with E-state index >= 15 is 0 Å². The predicted octanol–water partition coefficient (Wildman–Crippen LogP) is 3.13. The summed E-state index contributed by atoms with van der Waals surface area (Å²) in [6.45, 7) is 1.74. The van der Waals surface area contributed by atoms with E-state index in [0.29, 0.717) is 5.56 Å². The van der Waals surface area contributed by atoms with Gasteiger partial charge in [-0.2, -0.15) is 8.78 Å². The van der Waals surface area contributed by atoms with Gasteiger partial charge in [-0.1, -0.05) is 22.0 Å². The molecular formula is C10H9BrF2O. The molecule has 0 aliphatic heterocycles. The minimum atomic E-state index is -3.27. The van der Waals surface area contributed by atoms with Gasteiger partial charge in [0.1, 0.15) is 0 Å². The molecule has 1 aromatic rings. The van der Waals surface area contributed by atoms with E-state index in [1.54, 1.807) is 25.1 Å². The van der Waals surface area contributed by atoms with Crippen molar-refractivity contribution in [1.82, 2.24) is 0 Å². The number of hydrogen-bond donors (Lipinski definition) is 0. The Labute approximate surface area is 89.3 Å². The topological polar surface area (TPSA) is 17.1 Å². The van der Waals surface area contributed by atoms with E-state index in [1.807, 2.05) is 0 Å². The Hall–Kier alpha value is -0.770. The van der Waals surface area contributed by atoms with E-state index in [4.69, 9.17) is 0 Å². The average molecular weight is 263 g/mol. The van der Waals surface area contributed by atoms with Gasteiger partial charge in [0.2, 0.25) is 0 Å². The number of aryl methyl sites for hydroxylation is 1. The zero-order valence-electron chi connectivity index (χ0n) is 7.56. The quantitative estimate of drug-likeness (QED) is 0.765. The zero-order valence-corrected chi connectivity index (χ0v) is 9.14. The van der Waals surface area contributed by atoms with Crippen LogP contribution in [0.15, 0.2) is 22.7 Å². The summed E-state index contributed by atoms with van der Waals surface area (Å²) in [4.78, 5) is 10.1. The second kappa shape index (κ2) is 4.17. The van der Waals surface area contributed by atoms with Crippen LogP contribution in [0, 0.1) is 6.92 Å². The molecule has 0 fully saturated rings. The van der Waals surface area contributed by atoms with Gasteiger partial charge in [-0.3, -0.25) is 4.79 Å². The summed E-state index contributed by atoms with van der Waals surface area (Å²) in [5.74, 6) is -3.27. The van der Waals surface area contributed by atoms with E-state index in [9.17, 15) is 13.6 Å². The average Bonchev–Trinajstić information content (AvgIpc) is 2.11. The normalized spacial score (nSPS) is 11.4. The monoisotopic (exact) mass is 262 g/mol. The molecule has 1 rings (SSSR count). The first-order valence-corrected chi connectivity index (χ1v) is 4.83. The standard InChI is InChI=1S/C10H9BrF2O/c1-7-2-3-9(11)4-8(7)5-10(12,13)6-14/h2-4,6H,5H2,1H3. The molecule has 0 saturated heterocycles. The van der Waals surface area contributed by atoms with Crippen LogP contribution in [0.4, 0.5) is 8.78 Å². The highest BCUT2D eigenvalue weighted by atomic mass is 79.9. The van der Waals surface area contributed by atoms with Crippen molar-refractivity contribution in [3.63, 3.8) is 0 Å². The minimum absolute atomic E-state index is 0.312. The molecule has 0 saturated carbocycles. The molecule has 0 aliphatic rings. The van der Waals surface area contributed by atoms with Crippen LogP contribution in [0.5, 0.6) is 0 Å². The summed E-state index contributed by atoms with van der Waals surface area (Å²) in [6.07, 6.45) is -0.852. The highest BCUT2D eigenvalue weighted by molar-refractivity contribution is 9.10. The smallest absolute Gasteiger partial charge is 0.297 e. The number of alkyl halides is 2. The fraction of sp³-hybridized carbons (Fsp3) is 0.300. The Kier molecular flexibility index (Phi) is 3.37. The van der Waals surface area contributed by atoms with Gasteiger partial charge in [0.25, 0.3) is 0 Å². The summed E-state index contributed by atoms with van der Waals surface area (Å²) in [7, 11) is 0. The van der Waals surface area contributed by atoms with Gasteiger partial charge in [0, 0.05) is 10.9 Å². The van der Waals surface area contributed by atoms with Crippen molar-refractivity contribution in [3.8, 4) is 0 Å². The van der Waals surface area contributed by atoms with Crippen molar-refractivity contribution in [2.24, 2.45) is 0 Å². The molecular weight excluding hydrogens is 254 g/mol. The highest BCUT2D eigenvalue weighted by Crippen LogP contribution is 2.23.